The van der Waals surface area contributed by atoms with Gasteiger partial charge in [-0.1, -0.05) is 53.4 Å². The first-order chi connectivity index (χ1) is 12.8. The summed E-state index contributed by atoms with van der Waals surface area (Å²) in [5.74, 6) is 0.842. The lowest BCUT2D eigenvalue weighted by molar-refractivity contribution is 0.0383. The number of thiazole rings is 1. The summed E-state index contributed by atoms with van der Waals surface area (Å²) >= 11 is 3.12. The van der Waals surface area contributed by atoms with Gasteiger partial charge in [0.2, 0.25) is 0 Å². The highest BCUT2D eigenvalue weighted by atomic mass is 32.2. The molecule has 2 N–H and O–H groups in total. The third-order valence-electron chi connectivity index (χ3n) is 4.30. The molecule has 2 aromatic heterocycles. The monoisotopic (exact) mass is 387 g/mol. The van der Waals surface area contributed by atoms with Gasteiger partial charge in [-0.2, -0.15) is 0 Å². The summed E-state index contributed by atoms with van der Waals surface area (Å²) in [5, 5.41) is 1.32. The van der Waals surface area contributed by atoms with E-state index in [2.05, 4.69) is 39.1 Å². The van der Waals surface area contributed by atoms with Gasteiger partial charge in [-0.05, 0) is 5.56 Å². The van der Waals surface area contributed by atoms with E-state index in [1.54, 1.807) is 11.8 Å². The quantitative estimate of drug-likeness (QED) is 0.515. The maximum absolute atomic E-state index is 5.92. The molecule has 4 rings (SSSR count). The van der Waals surface area contributed by atoms with Crippen LogP contribution in [0.3, 0.4) is 0 Å². The number of morpholine rings is 1. The molecule has 1 aliphatic heterocycles. The van der Waals surface area contributed by atoms with Crippen LogP contribution < -0.4 is 5.73 Å². The summed E-state index contributed by atoms with van der Waals surface area (Å²) in [5.41, 5.74) is 8.94. The Balaban J connectivity index is 1.52. The van der Waals surface area contributed by atoms with E-state index in [1.165, 1.54) is 16.9 Å². The number of nitrogens with two attached hydrogens (primary N) is 1. The molecule has 8 heteroatoms. The second-order valence-electron chi connectivity index (χ2n) is 6.14. The fourth-order valence-electron chi connectivity index (χ4n) is 2.92. The van der Waals surface area contributed by atoms with E-state index < -0.39 is 0 Å². The number of benzene rings is 1. The van der Waals surface area contributed by atoms with Crippen molar-refractivity contribution in [3.8, 4) is 0 Å². The van der Waals surface area contributed by atoms with Crippen LogP contribution in [-0.4, -0.2) is 52.7 Å². The number of aromatic nitrogens is 3. The van der Waals surface area contributed by atoms with E-state index in [0.717, 1.165) is 66.2 Å². The molecule has 3 heterocycles. The van der Waals surface area contributed by atoms with Crippen molar-refractivity contribution < 1.29 is 4.74 Å². The van der Waals surface area contributed by atoms with Crippen LogP contribution in [0, 0.1) is 0 Å². The van der Waals surface area contributed by atoms with Gasteiger partial charge in [0.1, 0.15) is 0 Å². The standard InChI is InChI=1S/C18H21N5OS2/c19-17-21-16-15(26-17)14(6-7-23-8-10-24-11-9-23)20-18(22-16)25-12-13-4-2-1-3-5-13/h1-5H,6-12H2,(H2,19,20,21,22). The third-order valence-corrected chi connectivity index (χ3v) is 6.14. The topological polar surface area (TPSA) is 77.2 Å². The van der Waals surface area contributed by atoms with Crippen molar-refractivity contribution in [1.29, 1.82) is 0 Å². The van der Waals surface area contributed by atoms with Crippen LogP contribution in [0.15, 0.2) is 35.5 Å². The number of ether oxygens (including phenoxy) is 1. The van der Waals surface area contributed by atoms with Crippen molar-refractivity contribution in [2.45, 2.75) is 17.3 Å². The molecule has 136 valence electrons. The molecule has 1 aliphatic rings. The molecule has 0 bridgehead atoms. The number of thioether (sulfide) groups is 1. The number of rotatable bonds is 6. The van der Waals surface area contributed by atoms with Gasteiger partial charge < -0.3 is 10.5 Å². The zero-order valence-electron chi connectivity index (χ0n) is 14.4. The lowest BCUT2D eigenvalue weighted by Crippen LogP contribution is -2.37. The first kappa shape index (κ1) is 17.7. The molecule has 0 radical (unpaired) electrons. The second kappa shape index (κ2) is 8.30. The second-order valence-corrected chi connectivity index (χ2v) is 8.11. The molecule has 0 atom stereocenters. The van der Waals surface area contributed by atoms with Crippen LogP contribution in [0.2, 0.25) is 0 Å². The minimum absolute atomic E-state index is 0.548. The fraction of sp³-hybridized carbons (Fsp3) is 0.389. The average molecular weight is 388 g/mol. The Morgan fingerprint density at radius 1 is 1.12 bits per heavy atom. The Hall–Kier alpha value is -1.74. The average Bonchev–Trinajstić information content (AvgIpc) is 3.06. The summed E-state index contributed by atoms with van der Waals surface area (Å²) in [6, 6.07) is 10.4. The molecular weight excluding hydrogens is 366 g/mol. The highest BCUT2D eigenvalue weighted by Gasteiger charge is 2.16. The third kappa shape index (κ3) is 4.32. The van der Waals surface area contributed by atoms with Gasteiger partial charge in [0.15, 0.2) is 15.9 Å². The molecule has 3 aromatic rings. The fourth-order valence-corrected chi connectivity index (χ4v) is 4.52. The van der Waals surface area contributed by atoms with Gasteiger partial charge in [0.05, 0.1) is 23.6 Å². The number of nitrogen functional groups attached to an aromatic ring is 1. The summed E-state index contributed by atoms with van der Waals surface area (Å²) in [4.78, 5) is 16.2. The number of hydrogen-bond acceptors (Lipinski definition) is 8. The predicted molar refractivity (Wildman–Crippen MR) is 107 cm³/mol. The van der Waals surface area contributed by atoms with Crippen molar-refractivity contribution in [3.05, 3.63) is 41.6 Å². The lowest BCUT2D eigenvalue weighted by atomic mass is 10.2. The Labute approximate surface area is 160 Å². The van der Waals surface area contributed by atoms with Gasteiger partial charge in [-0.3, -0.25) is 4.90 Å². The maximum atomic E-state index is 5.92. The van der Waals surface area contributed by atoms with Crippen molar-refractivity contribution in [2.24, 2.45) is 0 Å². The molecule has 0 spiro atoms. The largest absolute Gasteiger partial charge is 0.379 e. The van der Waals surface area contributed by atoms with Gasteiger partial charge in [0, 0.05) is 31.8 Å². The Kier molecular flexibility index (Phi) is 5.64. The van der Waals surface area contributed by atoms with Crippen LogP contribution in [0.1, 0.15) is 11.3 Å². The molecule has 1 saturated heterocycles. The minimum atomic E-state index is 0.548. The summed E-state index contributed by atoms with van der Waals surface area (Å²) in [6.45, 7) is 4.55. The number of hydrogen-bond donors (Lipinski definition) is 1. The SMILES string of the molecule is Nc1nc2nc(SCc3ccccc3)nc(CCN3CCOCC3)c2s1. The van der Waals surface area contributed by atoms with Gasteiger partial charge in [-0.25, -0.2) is 15.0 Å². The summed E-state index contributed by atoms with van der Waals surface area (Å²) in [7, 11) is 0. The van der Waals surface area contributed by atoms with Crippen LogP contribution in [0.4, 0.5) is 5.13 Å². The highest BCUT2D eigenvalue weighted by molar-refractivity contribution is 7.98. The van der Waals surface area contributed by atoms with E-state index in [-0.39, 0.29) is 0 Å². The minimum Gasteiger partial charge on any atom is -0.379 e. The molecule has 0 unspecified atom stereocenters. The Morgan fingerprint density at radius 3 is 2.73 bits per heavy atom. The molecule has 0 saturated carbocycles. The Morgan fingerprint density at radius 2 is 1.92 bits per heavy atom. The van der Waals surface area contributed by atoms with Crippen LogP contribution in [0.25, 0.3) is 10.3 Å². The van der Waals surface area contributed by atoms with Crippen molar-refractivity contribution in [3.63, 3.8) is 0 Å². The highest BCUT2D eigenvalue weighted by Crippen LogP contribution is 2.29. The van der Waals surface area contributed by atoms with E-state index in [9.17, 15) is 0 Å². The van der Waals surface area contributed by atoms with E-state index in [0.29, 0.717) is 5.13 Å². The van der Waals surface area contributed by atoms with Crippen LogP contribution in [-0.2, 0) is 16.9 Å². The zero-order valence-corrected chi connectivity index (χ0v) is 16.1. The molecule has 26 heavy (non-hydrogen) atoms. The summed E-state index contributed by atoms with van der Waals surface area (Å²) in [6.07, 6.45) is 0.875. The normalized spacial score (nSPS) is 15.5. The molecule has 0 amide bonds. The first-order valence-corrected chi connectivity index (χ1v) is 10.5. The lowest BCUT2D eigenvalue weighted by Gasteiger charge is -2.26. The van der Waals surface area contributed by atoms with Gasteiger partial charge in [0.25, 0.3) is 0 Å². The predicted octanol–water partition coefficient (Wildman–Crippen LogP) is 2.84. The van der Waals surface area contributed by atoms with E-state index >= 15 is 0 Å². The molecule has 6 nitrogen and oxygen atoms in total. The van der Waals surface area contributed by atoms with E-state index in [4.69, 9.17) is 15.5 Å². The first-order valence-electron chi connectivity index (χ1n) is 8.68. The van der Waals surface area contributed by atoms with Gasteiger partial charge in [-0.15, -0.1) is 0 Å². The van der Waals surface area contributed by atoms with Gasteiger partial charge >= 0.3 is 0 Å². The molecule has 1 aromatic carbocycles. The van der Waals surface area contributed by atoms with Crippen LogP contribution >= 0.6 is 23.1 Å². The smallest absolute Gasteiger partial charge is 0.190 e. The molecule has 0 aliphatic carbocycles. The zero-order chi connectivity index (χ0) is 17.8. The van der Waals surface area contributed by atoms with Crippen molar-refractivity contribution in [1.82, 2.24) is 19.9 Å². The van der Waals surface area contributed by atoms with E-state index in [1.807, 2.05) is 6.07 Å². The molecule has 1 fully saturated rings. The van der Waals surface area contributed by atoms with Crippen molar-refractivity contribution in [2.75, 3.05) is 38.6 Å². The molecular formula is C18H21N5OS2. The number of nitrogens with zero attached hydrogens (tertiary/aromatic N) is 4. The number of fused-ring (bicyclic) bond motifs is 1. The maximum Gasteiger partial charge on any atom is 0.190 e. The number of anilines is 1. The Bertz CT molecular complexity index is 865. The van der Waals surface area contributed by atoms with Crippen molar-refractivity contribution >= 4 is 38.6 Å². The van der Waals surface area contributed by atoms with Crippen LogP contribution in [0.5, 0.6) is 0 Å². The summed E-state index contributed by atoms with van der Waals surface area (Å²) < 4.78 is 6.44.